The third kappa shape index (κ3) is 4.84. The van der Waals surface area contributed by atoms with Crippen molar-refractivity contribution >= 4 is 17.6 Å². The minimum absolute atomic E-state index is 0.0511. The second-order valence-corrected chi connectivity index (χ2v) is 4.54. The summed E-state index contributed by atoms with van der Waals surface area (Å²) < 4.78 is 0. The Morgan fingerprint density at radius 1 is 1.33 bits per heavy atom. The molecular weight excluding hydrogens is 278 g/mol. The van der Waals surface area contributed by atoms with E-state index in [2.05, 4.69) is 10.6 Å². The van der Waals surface area contributed by atoms with Crippen LogP contribution in [0, 0.1) is 10.1 Å². The molecule has 1 rings (SSSR count). The summed E-state index contributed by atoms with van der Waals surface area (Å²) in [6.45, 7) is 1.61. The number of carbonyl (C=O) groups excluding carboxylic acids is 1. The van der Waals surface area contributed by atoms with Gasteiger partial charge in [-0.3, -0.25) is 14.9 Å². The Morgan fingerprint density at radius 3 is 2.33 bits per heavy atom. The highest BCUT2D eigenvalue weighted by Crippen LogP contribution is 2.13. The van der Waals surface area contributed by atoms with Crippen molar-refractivity contribution in [3.63, 3.8) is 0 Å². The highest BCUT2D eigenvalue weighted by molar-refractivity contribution is 5.86. The number of non-ortho nitro benzene ring substituents is 1. The van der Waals surface area contributed by atoms with Crippen molar-refractivity contribution in [2.75, 3.05) is 7.05 Å². The van der Waals surface area contributed by atoms with Crippen molar-refractivity contribution < 1.29 is 19.6 Å². The van der Waals surface area contributed by atoms with Crippen LogP contribution in [0.4, 0.5) is 5.69 Å². The highest BCUT2D eigenvalue weighted by Gasteiger charge is 2.22. The van der Waals surface area contributed by atoms with Crippen LogP contribution in [0.3, 0.4) is 0 Å². The fourth-order valence-corrected chi connectivity index (χ4v) is 1.62. The molecule has 0 aliphatic carbocycles. The molecule has 114 valence electrons. The van der Waals surface area contributed by atoms with Crippen LogP contribution in [0.2, 0.25) is 0 Å². The molecule has 0 spiro atoms. The fourth-order valence-electron chi connectivity index (χ4n) is 1.62. The highest BCUT2D eigenvalue weighted by atomic mass is 16.6. The molecule has 0 unspecified atom stereocenters. The van der Waals surface area contributed by atoms with Crippen LogP contribution in [-0.2, 0) is 16.0 Å². The molecule has 0 heterocycles. The van der Waals surface area contributed by atoms with Crippen LogP contribution < -0.4 is 10.6 Å². The van der Waals surface area contributed by atoms with Gasteiger partial charge in [-0.25, -0.2) is 4.79 Å². The first-order valence-corrected chi connectivity index (χ1v) is 6.29. The summed E-state index contributed by atoms with van der Waals surface area (Å²) in [7, 11) is 1.59. The molecule has 0 bridgehead atoms. The summed E-state index contributed by atoms with van der Waals surface area (Å²) in [4.78, 5) is 32.9. The normalized spacial score (nSPS) is 13.2. The van der Waals surface area contributed by atoms with Gasteiger partial charge in [-0.05, 0) is 19.5 Å². The second kappa shape index (κ2) is 7.34. The van der Waals surface area contributed by atoms with E-state index >= 15 is 0 Å². The molecule has 2 atom stereocenters. The molecule has 1 aromatic rings. The van der Waals surface area contributed by atoms with Crippen LogP contribution in [0.25, 0.3) is 0 Å². The largest absolute Gasteiger partial charge is 0.480 e. The summed E-state index contributed by atoms with van der Waals surface area (Å²) >= 11 is 0. The van der Waals surface area contributed by atoms with E-state index in [9.17, 15) is 19.7 Å². The molecule has 8 heteroatoms. The lowest BCUT2D eigenvalue weighted by atomic mass is 10.1. The van der Waals surface area contributed by atoms with Gasteiger partial charge in [0.05, 0.1) is 11.0 Å². The summed E-state index contributed by atoms with van der Waals surface area (Å²) in [6.07, 6.45) is 0.0511. The monoisotopic (exact) mass is 295 g/mol. The Labute approximate surface area is 121 Å². The predicted molar refractivity (Wildman–Crippen MR) is 74.9 cm³/mol. The number of benzene rings is 1. The summed E-state index contributed by atoms with van der Waals surface area (Å²) in [6, 6.07) is 3.95. The number of nitrogens with zero attached hydrogens (tertiary/aromatic N) is 1. The first-order chi connectivity index (χ1) is 9.85. The van der Waals surface area contributed by atoms with E-state index in [-0.39, 0.29) is 12.1 Å². The van der Waals surface area contributed by atoms with Crippen LogP contribution in [0.1, 0.15) is 12.5 Å². The number of rotatable bonds is 7. The van der Waals surface area contributed by atoms with Gasteiger partial charge in [0.1, 0.15) is 6.04 Å². The standard InChI is InChI=1S/C13H17N3O5/c1-8(14-2)12(17)15-11(13(18)19)7-9-3-5-10(6-4-9)16(20)21/h3-6,8,11,14H,7H2,1-2H3,(H,15,17)(H,18,19)/t8-,11-/m0/s1. The lowest BCUT2D eigenvalue weighted by Gasteiger charge is -2.17. The van der Waals surface area contributed by atoms with Crippen LogP contribution in [-0.4, -0.2) is 41.0 Å². The minimum Gasteiger partial charge on any atom is -0.480 e. The minimum atomic E-state index is -1.16. The van der Waals surface area contributed by atoms with E-state index in [1.165, 1.54) is 24.3 Å². The van der Waals surface area contributed by atoms with Crippen LogP contribution >= 0.6 is 0 Å². The Kier molecular flexibility index (Phi) is 5.79. The van der Waals surface area contributed by atoms with Gasteiger partial charge in [-0.2, -0.15) is 0 Å². The number of hydrogen-bond acceptors (Lipinski definition) is 5. The summed E-state index contributed by atoms with van der Waals surface area (Å²) in [5.41, 5.74) is 0.517. The van der Waals surface area contributed by atoms with E-state index in [0.717, 1.165) is 0 Å². The van der Waals surface area contributed by atoms with E-state index < -0.39 is 28.9 Å². The van der Waals surface area contributed by atoms with Gasteiger partial charge in [0.15, 0.2) is 0 Å². The fraction of sp³-hybridized carbons (Fsp3) is 0.385. The molecule has 8 nitrogen and oxygen atoms in total. The SMILES string of the molecule is CN[C@@H](C)C(=O)N[C@@H](Cc1ccc([N+](=O)[O-])cc1)C(=O)O. The maximum Gasteiger partial charge on any atom is 0.326 e. The lowest BCUT2D eigenvalue weighted by molar-refractivity contribution is -0.384. The summed E-state index contributed by atoms with van der Waals surface area (Å²) in [5, 5.41) is 24.8. The average Bonchev–Trinajstić information content (AvgIpc) is 2.45. The van der Waals surface area contributed by atoms with Gasteiger partial charge in [0.25, 0.3) is 5.69 Å². The van der Waals surface area contributed by atoms with Crippen molar-refractivity contribution in [3.05, 3.63) is 39.9 Å². The number of carboxylic acids is 1. The zero-order valence-electron chi connectivity index (χ0n) is 11.7. The Bertz CT molecular complexity index is 529. The molecular formula is C13H17N3O5. The zero-order valence-corrected chi connectivity index (χ0v) is 11.7. The molecule has 1 amide bonds. The molecule has 0 saturated heterocycles. The maximum absolute atomic E-state index is 11.7. The zero-order chi connectivity index (χ0) is 16.0. The molecule has 0 aromatic heterocycles. The molecule has 0 aliphatic rings. The first kappa shape index (κ1) is 16.6. The topological polar surface area (TPSA) is 122 Å². The number of amides is 1. The number of carboxylic acid groups (broad SMARTS) is 1. The number of nitro benzene ring substituents is 1. The van der Waals surface area contributed by atoms with Gasteiger partial charge in [0, 0.05) is 18.6 Å². The van der Waals surface area contributed by atoms with Gasteiger partial charge < -0.3 is 15.7 Å². The number of likely N-dealkylation sites (N-methyl/N-ethyl adjacent to an activating group) is 1. The van der Waals surface area contributed by atoms with Crippen molar-refractivity contribution in [3.8, 4) is 0 Å². The van der Waals surface area contributed by atoms with Crippen LogP contribution in [0.15, 0.2) is 24.3 Å². The van der Waals surface area contributed by atoms with E-state index in [0.29, 0.717) is 5.56 Å². The second-order valence-electron chi connectivity index (χ2n) is 4.54. The van der Waals surface area contributed by atoms with Crippen molar-refractivity contribution in [1.29, 1.82) is 0 Å². The lowest BCUT2D eigenvalue weighted by Crippen LogP contribution is -2.49. The number of hydrogen-bond donors (Lipinski definition) is 3. The van der Waals surface area contributed by atoms with E-state index in [1.54, 1.807) is 14.0 Å². The average molecular weight is 295 g/mol. The smallest absolute Gasteiger partial charge is 0.326 e. The molecule has 0 aliphatic heterocycles. The van der Waals surface area contributed by atoms with Crippen molar-refractivity contribution in [2.45, 2.75) is 25.4 Å². The maximum atomic E-state index is 11.7. The molecule has 3 N–H and O–H groups in total. The van der Waals surface area contributed by atoms with Gasteiger partial charge >= 0.3 is 5.97 Å². The summed E-state index contributed by atoms with van der Waals surface area (Å²) in [5.74, 6) is -1.59. The van der Waals surface area contributed by atoms with Crippen molar-refractivity contribution in [2.24, 2.45) is 0 Å². The third-order valence-electron chi connectivity index (χ3n) is 3.03. The number of carbonyl (C=O) groups is 2. The molecule has 0 fully saturated rings. The molecule has 21 heavy (non-hydrogen) atoms. The first-order valence-electron chi connectivity index (χ1n) is 6.29. The number of nitro groups is 1. The quantitative estimate of drug-likeness (QED) is 0.492. The van der Waals surface area contributed by atoms with E-state index in [1.807, 2.05) is 0 Å². The number of nitrogens with one attached hydrogen (secondary N) is 2. The van der Waals surface area contributed by atoms with Crippen LogP contribution in [0.5, 0.6) is 0 Å². The Morgan fingerprint density at radius 2 is 1.90 bits per heavy atom. The number of aliphatic carboxylic acids is 1. The van der Waals surface area contributed by atoms with Gasteiger partial charge in [-0.1, -0.05) is 12.1 Å². The Hall–Kier alpha value is -2.48. The van der Waals surface area contributed by atoms with Gasteiger partial charge in [-0.15, -0.1) is 0 Å². The molecule has 0 radical (unpaired) electrons. The third-order valence-corrected chi connectivity index (χ3v) is 3.03. The molecule has 1 aromatic carbocycles. The van der Waals surface area contributed by atoms with Gasteiger partial charge in [0.2, 0.25) is 5.91 Å². The van der Waals surface area contributed by atoms with E-state index in [4.69, 9.17) is 5.11 Å². The predicted octanol–water partition coefficient (Wildman–Crippen LogP) is 0.315. The van der Waals surface area contributed by atoms with Crippen molar-refractivity contribution in [1.82, 2.24) is 10.6 Å². The molecule has 0 saturated carbocycles. The Balaban J connectivity index is 2.77.